The summed E-state index contributed by atoms with van der Waals surface area (Å²) >= 11 is 1.36. The van der Waals surface area contributed by atoms with Crippen LogP contribution < -0.4 is 5.32 Å². The van der Waals surface area contributed by atoms with E-state index in [1.54, 1.807) is 17.8 Å². The molecule has 1 aromatic carbocycles. The lowest BCUT2D eigenvalue weighted by molar-refractivity contribution is 0.0525. The van der Waals surface area contributed by atoms with Crippen molar-refractivity contribution in [3.05, 3.63) is 52.5 Å². The molecule has 5 heteroatoms. The Kier molecular flexibility index (Phi) is 3.74. The maximum absolute atomic E-state index is 11.7. The zero-order chi connectivity index (χ0) is 13.0. The topological polar surface area (TPSA) is 62.2 Å². The van der Waals surface area contributed by atoms with Gasteiger partial charge >= 0.3 is 0 Å². The van der Waals surface area contributed by atoms with Gasteiger partial charge in [0.25, 0.3) is 5.91 Å². The van der Waals surface area contributed by atoms with E-state index in [1.807, 2.05) is 30.3 Å². The predicted octanol–water partition coefficient (Wildman–Crippen LogP) is 1.78. The quantitative estimate of drug-likeness (QED) is 0.883. The molecule has 0 bridgehead atoms. The molecule has 1 amide bonds. The van der Waals surface area contributed by atoms with Crippen molar-refractivity contribution < 1.29 is 9.90 Å². The zero-order valence-electron chi connectivity index (χ0n) is 9.96. The number of aromatic nitrogens is 1. The lowest BCUT2D eigenvalue weighted by atomic mass is 9.96. The van der Waals surface area contributed by atoms with Crippen molar-refractivity contribution in [1.82, 2.24) is 10.3 Å². The second-order valence-corrected chi connectivity index (χ2v) is 4.91. The van der Waals surface area contributed by atoms with Gasteiger partial charge < -0.3 is 10.4 Å². The third kappa shape index (κ3) is 2.94. The molecule has 1 unspecified atom stereocenters. The first kappa shape index (κ1) is 12.7. The Labute approximate surface area is 109 Å². The molecule has 1 aromatic heterocycles. The number of aliphatic hydroxyl groups is 1. The van der Waals surface area contributed by atoms with Gasteiger partial charge in [-0.05, 0) is 12.5 Å². The number of amides is 1. The molecular weight excluding hydrogens is 248 g/mol. The van der Waals surface area contributed by atoms with Crippen molar-refractivity contribution in [2.45, 2.75) is 12.5 Å². The maximum Gasteiger partial charge on any atom is 0.270 e. The van der Waals surface area contributed by atoms with Gasteiger partial charge in [0.15, 0.2) is 0 Å². The van der Waals surface area contributed by atoms with Crippen molar-refractivity contribution >= 4 is 17.2 Å². The van der Waals surface area contributed by atoms with Crippen LogP contribution in [-0.4, -0.2) is 22.5 Å². The molecule has 2 rings (SSSR count). The highest BCUT2D eigenvalue weighted by atomic mass is 32.1. The first-order valence-corrected chi connectivity index (χ1v) is 6.48. The van der Waals surface area contributed by atoms with Crippen LogP contribution in [0.4, 0.5) is 0 Å². The molecule has 4 nitrogen and oxygen atoms in total. The lowest BCUT2D eigenvalue weighted by Crippen LogP contribution is -2.38. The number of nitrogens with one attached hydrogen (secondary N) is 1. The van der Waals surface area contributed by atoms with Crippen molar-refractivity contribution in [3.63, 3.8) is 0 Å². The molecular formula is C13H14N2O2S. The predicted molar refractivity (Wildman–Crippen MR) is 70.5 cm³/mol. The fourth-order valence-electron chi connectivity index (χ4n) is 1.57. The highest BCUT2D eigenvalue weighted by Gasteiger charge is 2.23. The van der Waals surface area contributed by atoms with Crippen molar-refractivity contribution in [1.29, 1.82) is 0 Å². The monoisotopic (exact) mass is 262 g/mol. The number of hydrogen-bond donors (Lipinski definition) is 2. The number of carbonyl (C=O) groups excluding carboxylic acids is 1. The van der Waals surface area contributed by atoms with E-state index in [2.05, 4.69) is 10.3 Å². The minimum Gasteiger partial charge on any atom is -0.384 e. The van der Waals surface area contributed by atoms with Crippen molar-refractivity contribution in [2.75, 3.05) is 6.54 Å². The van der Waals surface area contributed by atoms with Gasteiger partial charge in [0, 0.05) is 5.38 Å². The molecule has 1 heterocycles. The Hall–Kier alpha value is -1.72. The number of rotatable bonds is 4. The van der Waals surface area contributed by atoms with E-state index in [4.69, 9.17) is 0 Å². The molecule has 1 atom stereocenters. The smallest absolute Gasteiger partial charge is 0.270 e. The Balaban J connectivity index is 1.99. The Morgan fingerprint density at radius 1 is 1.44 bits per heavy atom. The van der Waals surface area contributed by atoms with E-state index in [-0.39, 0.29) is 12.5 Å². The van der Waals surface area contributed by atoms with Crippen LogP contribution >= 0.6 is 11.3 Å². The summed E-state index contributed by atoms with van der Waals surface area (Å²) < 4.78 is 0. The molecule has 18 heavy (non-hydrogen) atoms. The van der Waals surface area contributed by atoms with Gasteiger partial charge in [-0.25, -0.2) is 4.98 Å². The zero-order valence-corrected chi connectivity index (χ0v) is 10.8. The summed E-state index contributed by atoms with van der Waals surface area (Å²) in [4.78, 5) is 15.6. The van der Waals surface area contributed by atoms with Crippen LogP contribution in [0.2, 0.25) is 0 Å². The molecule has 0 saturated heterocycles. The minimum absolute atomic E-state index is 0.146. The molecule has 94 valence electrons. The van der Waals surface area contributed by atoms with Crippen LogP contribution in [0.3, 0.4) is 0 Å². The Morgan fingerprint density at radius 2 is 2.17 bits per heavy atom. The SMILES string of the molecule is CC(O)(CNC(=O)c1cscn1)c1ccccc1. The highest BCUT2D eigenvalue weighted by molar-refractivity contribution is 7.07. The summed E-state index contributed by atoms with van der Waals surface area (Å²) in [5.74, 6) is -0.271. The van der Waals surface area contributed by atoms with Crippen LogP contribution in [-0.2, 0) is 5.60 Å². The van der Waals surface area contributed by atoms with Gasteiger partial charge in [0.05, 0.1) is 12.1 Å². The molecule has 0 saturated carbocycles. The number of thiazole rings is 1. The summed E-state index contributed by atoms with van der Waals surface area (Å²) in [6.45, 7) is 1.82. The maximum atomic E-state index is 11.7. The summed E-state index contributed by atoms with van der Waals surface area (Å²) in [7, 11) is 0. The van der Waals surface area contributed by atoms with Gasteiger partial charge in [-0.15, -0.1) is 11.3 Å². The standard InChI is InChI=1S/C13H14N2O2S/c1-13(17,10-5-3-2-4-6-10)8-14-12(16)11-7-18-9-15-11/h2-7,9,17H,8H2,1H3,(H,14,16). The van der Waals surface area contributed by atoms with Crippen LogP contribution in [0, 0.1) is 0 Å². The molecule has 0 fully saturated rings. The highest BCUT2D eigenvalue weighted by Crippen LogP contribution is 2.19. The molecule has 2 N–H and O–H groups in total. The Morgan fingerprint density at radius 3 is 2.78 bits per heavy atom. The summed E-state index contributed by atoms with van der Waals surface area (Å²) in [6, 6.07) is 9.25. The third-order valence-electron chi connectivity index (χ3n) is 2.65. The lowest BCUT2D eigenvalue weighted by Gasteiger charge is -2.23. The fraction of sp³-hybridized carbons (Fsp3) is 0.231. The van der Waals surface area contributed by atoms with E-state index >= 15 is 0 Å². The largest absolute Gasteiger partial charge is 0.384 e. The summed E-state index contributed by atoms with van der Waals surface area (Å²) in [5, 5.41) is 14.7. The van der Waals surface area contributed by atoms with Crippen molar-refractivity contribution in [3.8, 4) is 0 Å². The van der Waals surface area contributed by atoms with Crippen LogP contribution in [0.25, 0.3) is 0 Å². The van der Waals surface area contributed by atoms with E-state index in [9.17, 15) is 9.90 Å². The van der Waals surface area contributed by atoms with Gasteiger partial charge in [-0.2, -0.15) is 0 Å². The number of benzene rings is 1. The summed E-state index contributed by atoms with van der Waals surface area (Å²) in [5.41, 5.74) is 1.66. The second-order valence-electron chi connectivity index (χ2n) is 4.20. The average Bonchev–Trinajstić information content (AvgIpc) is 2.91. The molecule has 0 spiro atoms. The van der Waals surface area contributed by atoms with E-state index in [0.29, 0.717) is 5.69 Å². The van der Waals surface area contributed by atoms with Gasteiger partial charge in [-0.1, -0.05) is 30.3 Å². The number of carbonyl (C=O) groups is 1. The normalized spacial score (nSPS) is 13.9. The number of hydrogen-bond acceptors (Lipinski definition) is 4. The van der Waals surface area contributed by atoms with Crippen LogP contribution in [0.1, 0.15) is 23.0 Å². The van der Waals surface area contributed by atoms with Gasteiger partial charge in [0.1, 0.15) is 11.3 Å². The first-order valence-electron chi connectivity index (χ1n) is 5.54. The summed E-state index contributed by atoms with van der Waals surface area (Å²) in [6.07, 6.45) is 0. The second kappa shape index (κ2) is 5.29. The number of nitrogens with zero attached hydrogens (tertiary/aromatic N) is 1. The Bertz CT molecular complexity index is 509. The van der Waals surface area contributed by atoms with Crippen LogP contribution in [0.15, 0.2) is 41.2 Å². The third-order valence-corrected chi connectivity index (χ3v) is 3.24. The minimum atomic E-state index is -1.09. The van der Waals surface area contributed by atoms with Gasteiger partial charge in [0.2, 0.25) is 0 Å². The van der Waals surface area contributed by atoms with E-state index in [0.717, 1.165) is 5.56 Å². The fourth-order valence-corrected chi connectivity index (χ4v) is 2.10. The molecule has 0 aliphatic heterocycles. The van der Waals surface area contributed by atoms with Gasteiger partial charge in [-0.3, -0.25) is 4.79 Å². The van der Waals surface area contributed by atoms with E-state index in [1.165, 1.54) is 11.3 Å². The molecule has 0 aliphatic rings. The molecule has 2 aromatic rings. The molecule has 0 aliphatic carbocycles. The average molecular weight is 262 g/mol. The first-order chi connectivity index (χ1) is 8.59. The van der Waals surface area contributed by atoms with E-state index < -0.39 is 5.60 Å². The van der Waals surface area contributed by atoms with Crippen LogP contribution in [0.5, 0.6) is 0 Å². The molecule has 0 radical (unpaired) electrons. The van der Waals surface area contributed by atoms with Crippen molar-refractivity contribution in [2.24, 2.45) is 0 Å².